The van der Waals surface area contributed by atoms with Gasteiger partial charge in [0.2, 0.25) is 0 Å². The van der Waals surface area contributed by atoms with Crippen molar-refractivity contribution in [1.29, 1.82) is 0 Å². The monoisotopic (exact) mass is 443 g/mol. The maximum Gasteiger partial charge on any atom is 0.254 e. The van der Waals surface area contributed by atoms with Gasteiger partial charge in [0, 0.05) is 31.7 Å². The molecule has 1 fully saturated rings. The van der Waals surface area contributed by atoms with E-state index in [0.29, 0.717) is 43.2 Å². The molecule has 7 nitrogen and oxygen atoms in total. The van der Waals surface area contributed by atoms with Crippen LogP contribution in [0.15, 0.2) is 71.7 Å². The highest BCUT2D eigenvalue weighted by molar-refractivity contribution is 6.04. The molecule has 1 amide bonds. The number of hydrogen-bond donors (Lipinski definition) is 0. The van der Waals surface area contributed by atoms with E-state index in [0.717, 1.165) is 28.6 Å². The first kappa shape index (κ1) is 20.9. The number of piperazine rings is 1. The highest BCUT2D eigenvalue weighted by Crippen LogP contribution is 2.38. The summed E-state index contributed by atoms with van der Waals surface area (Å²) in [5.41, 5.74) is 2.33. The van der Waals surface area contributed by atoms with E-state index in [2.05, 4.69) is 4.90 Å². The van der Waals surface area contributed by atoms with Crippen LogP contribution in [0.3, 0.4) is 0 Å². The number of benzene rings is 3. The summed E-state index contributed by atoms with van der Waals surface area (Å²) in [4.78, 5) is 22.2. The molecule has 2 aliphatic rings. The average Bonchev–Trinajstić information content (AvgIpc) is 3.04. The second-order valence-electron chi connectivity index (χ2n) is 7.85. The molecule has 3 aromatic rings. The largest absolute Gasteiger partial charge is 0.493 e. The van der Waals surface area contributed by atoms with E-state index < -0.39 is 0 Å². The Bertz CT molecular complexity index is 1220. The maximum absolute atomic E-state index is 13.1. The number of methoxy groups -OCH3 is 2. The molecule has 2 heterocycles. The van der Waals surface area contributed by atoms with E-state index in [1.165, 1.54) is 0 Å². The third kappa shape index (κ3) is 3.98. The van der Waals surface area contributed by atoms with E-state index in [1.54, 1.807) is 32.4 Å². The predicted octanol–water partition coefficient (Wildman–Crippen LogP) is 4.35. The Labute approximate surface area is 192 Å². The molecule has 0 atom stereocenters. The third-order valence-electron chi connectivity index (χ3n) is 5.94. The number of hydrogen-bond acceptors (Lipinski definition) is 6. The summed E-state index contributed by atoms with van der Waals surface area (Å²) in [6.07, 6.45) is 0. The van der Waals surface area contributed by atoms with Crippen molar-refractivity contribution in [1.82, 2.24) is 9.80 Å². The van der Waals surface area contributed by atoms with E-state index in [1.807, 2.05) is 53.4 Å². The van der Waals surface area contributed by atoms with Gasteiger partial charge in [0.25, 0.3) is 5.91 Å². The van der Waals surface area contributed by atoms with Crippen LogP contribution in [0.5, 0.6) is 23.0 Å². The maximum atomic E-state index is 13.1. The first-order chi connectivity index (χ1) is 16.2. The molecule has 0 aliphatic carbocycles. The number of nitrogens with zero attached hydrogens (tertiary/aromatic N) is 3. The fourth-order valence-electron chi connectivity index (χ4n) is 4.18. The van der Waals surface area contributed by atoms with E-state index in [-0.39, 0.29) is 5.91 Å². The molecule has 0 aromatic heterocycles. The van der Waals surface area contributed by atoms with Crippen LogP contribution in [0.2, 0.25) is 0 Å². The average molecular weight is 444 g/mol. The van der Waals surface area contributed by atoms with Crippen LogP contribution in [0, 0.1) is 0 Å². The summed E-state index contributed by atoms with van der Waals surface area (Å²) in [5.74, 6) is 3.52. The smallest absolute Gasteiger partial charge is 0.254 e. The summed E-state index contributed by atoms with van der Waals surface area (Å²) in [6.45, 7) is 2.54. The minimum absolute atomic E-state index is 0.0208. The van der Waals surface area contributed by atoms with Gasteiger partial charge in [-0.3, -0.25) is 4.79 Å². The van der Waals surface area contributed by atoms with Crippen LogP contribution in [-0.4, -0.2) is 61.9 Å². The Kier molecular flexibility index (Phi) is 5.60. The van der Waals surface area contributed by atoms with Crippen LogP contribution >= 0.6 is 0 Å². The van der Waals surface area contributed by atoms with Crippen LogP contribution in [-0.2, 0) is 0 Å². The summed E-state index contributed by atoms with van der Waals surface area (Å²) in [7, 11) is 3.15. The molecule has 3 aromatic carbocycles. The zero-order chi connectivity index (χ0) is 22.8. The Balaban J connectivity index is 1.37. The molecule has 0 saturated carbocycles. The second kappa shape index (κ2) is 8.86. The standard InChI is InChI=1S/C26H25N3O4/c1-31-23-12-11-18(17-24(23)32-2)26(30)29-15-13-28(14-16-29)25-19-7-3-5-9-21(19)33-22-10-6-4-8-20(22)27-25/h3-12,17H,13-16H2,1-2H3. The van der Waals surface area contributed by atoms with Gasteiger partial charge in [-0.2, -0.15) is 0 Å². The van der Waals surface area contributed by atoms with Crippen molar-refractivity contribution in [2.75, 3.05) is 40.4 Å². The molecule has 0 unspecified atom stereocenters. The molecule has 5 rings (SSSR count). The summed E-state index contributed by atoms with van der Waals surface area (Å²) >= 11 is 0. The first-order valence-corrected chi connectivity index (χ1v) is 10.9. The Morgan fingerprint density at radius 3 is 2.30 bits per heavy atom. The number of amidine groups is 1. The lowest BCUT2D eigenvalue weighted by atomic mass is 10.1. The summed E-state index contributed by atoms with van der Waals surface area (Å²) in [6, 6.07) is 21.0. The van der Waals surface area contributed by atoms with Gasteiger partial charge in [0.05, 0.1) is 19.8 Å². The third-order valence-corrected chi connectivity index (χ3v) is 5.94. The molecular weight excluding hydrogens is 418 g/mol. The van der Waals surface area contributed by atoms with Crippen molar-refractivity contribution in [2.45, 2.75) is 0 Å². The van der Waals surface area contributed by atoms with Crippen molar-refractivity contribution < 1.29 is 19.0 Å². The topological polar surface area (TPSA) is 63.6 Å². The van der Waals surface area contributed by atoms with Crippen molar-refractivity contribution in [3.63, 3.8) is 0 Å². The SMILES string of the molecule is COc1ccc(C(=O)N2CCN(C3=Nc4ccccc4Oc4ccccc43)CC2)cc1OC. The van der Waals surface area contributed by atoms with Crippen LogP contribution in [0.1, 0.15) is 15.9 Å². The van der Waals surface area contributed by atoms with Crippen LogP contribution < -0.4 is 14.2 Å². The second-order valence-corrected chi connectivity index (χ2v) is 7.85. The number of aliphatic imine (C=N–C) groups is 1. The van der Waals surface area contributed by atoms with Gasteiger partial charge in [0.1, 0.15) is 17.3 Å². The molecule has 0 N–H and O–H groups in total. The molecule has 33 heavy (non-hydrogen) atoms. The summed E-state index contributed by atoms with van der Waals surface area (Å²) < 4.78 is 16.8. The summed E-state index contributed by atoms with van der Waals surface area (Å²) in [5, 5.41) is 0. The van der Waals surface area contributed by atoms with Gasteiger partial charge >= 0.3 is 0 Å². The van der Waals surface area contributed by atoms with Gasteiger partial charge in [-0.05, 0) is 42.5 Å². The zero-order valence-electron chi connectivity index (χ0n) is 18.7. The predicted molar refractivity (Wildman–Crippen MR) is 126 cm³/mol. The Hall–Kier alpha value is -4.00. The highest BCUT2D eigenvalue weighted by atomic mass is 16.5. The highest BCUT2D eigenvalue weighted by Gasteiger charge is 2.28. The van der Waals surface area contributed by atoms with Gasteiger partial charge in [-0.25, -0.2) is 4.99 Å². The fraction of sp³-hybridized carbons (Fsp3) is 0.231. The number of fused-ring (bicyclic) bond motifs is 2. The lowest BCUT2D eigenvalue weighted by Gasteiger charge is -2.36. The number of para-hydroxylation sites is 3. The molecule has 168 valence electrons. The molecular formula is C26H25N3O4. The minimum Gasteiger partial charge on any atom is -0.493 e. The lowest BCUT2D eigenvalue weighted by Crippen LogP contribution is -2.50. The van der Waals surface area contributed by atoms with Gasteiger partial charge < -0.3 is 24.0 Å². The Morgan fingerprint density at radius 1 is 0.848 bits per heavy atom. The Morgan fingerprint density at radius 2 is 1.55 bits per heavy atom. The molecule has 2 aliphatic heterocycles. The number of ether oxygens (including phenoxy) is 3. The van der Waals surface area contributed by atoms with Gasteiger partial charge in [-0.1, -0.05) is 24.3 Å². The van der Waals surface area contributed by atoms with Crippen molar-refractivity contribution in [3.05, 3.63) is 77.9 Å². The van der Waals surface area contributed by atoms with Crippen LogP contribution in [0.4, 0.5) is 5.69 Å². The fourth-order valence-corrected chi connectivity index (χ4v) is 4.18. The number of carbonyl (C=O) groups excluding carboxylic acids is 1. The van der Waals surface area contributed by atoms with E-state index in [4.69, 9.17) is 19.2 Å². The van der Waals surface area contributed by atoms with Crippen LogP contribution in [0.25, 0.3) is 0 Å². The quantitative estimate of drug-likeness (QED) is 0.602. The van der Waals surface area contributed by atoms with Crippen molar-refractivity contribution in [2.24, 2.45) is 4.99 Å². The van der Waals surface area contributed by atoms with Gasteiger partial charge in [-0.15, -0.1) is 0 Å². The number of rotatable bonds is 3. The number of amides is 1. The molecule has 0 radical (unpaired) electrons. The zero-order valence-corrected chi connectivity index (χ0v) is 18.7. The molecule has 7 heteroatoms. The van der Waals surface area contributed by atoms with Gasteiger partial charge in [0.15, 0.2) is 17.2 Å². The number of carbonyl (C=O) groups is 1. The molecule has 0 bridgehead atoms. The normalized spacial score (nSPS) is 14.9. The van der Waals surface area contributed by atoms with Crippen molar-refractivity contribution in [3.8, 4) is 23.0 Å². The molecule has 0 spiro atoms. The first-order valence-electron chi connectivity index (χ1n) is 10.9. The van der Waals surface area contributed by atoms with E-state index in [9.17, 15) is 4.79 Å². The lowest BCUT2D eigenvalue weighted by molar-refractivity contribution is 0.0691. The van der Waals surface area contributed by atoms with E-state index >= 15 is 0 Å². The van der Waals surface area contributed by atoms with Crippen molar-refractivity contribution >= 4 is 17.4 Å². The molecule has 1 saturated heterocycles. The minimum atomic E-state index is -0.0208.